The van der Waals surface area contributed by atoms with E-state index in [2.05, 4.69) is 15.3 Å². The number of hydrazone groups is 1. The number of nitrogens with zero attached hydrogens (tertiary/aromatic N) is 2. The maximum absolute atomic E-state index is 13.7. The molecule has 0 aromatic heterocycles. The van der Waals surface area contributed by atoms with Gasteiger partial charge in [-0.25, -0.2) is 9.18 Å². The molecule has 0 aliphatic heterocycles. The molecule has 1 aromatic rings. The number of nitriles is 1. The van der Waals surface area contributed by atoms with Gasteiger partial charge in [-0.1, -0.05) is 0 Å². The molecule has 0 saturated heterocycles. The molecule has 0 aliphatic carbocycles. The zero-order chi connectivity index (χ0) is 15.3. The largest absolute Gasteiger partial charge is 0.465 e. The van der Waals surface area contributed by atoms with Gasteiger partial charge in [0.1, 0.15) is 11.9 Å². The summed E-state index contributed by atoms with van der Waals surface area (Å²) < 4.78 is 18.2. The zero-order valence-corrected chi connectivity index (χ0v) is 10.8. The van der Waals surface area contributed by atoms with Crippen molar-refractivity contribution in [2.75, 3.05) is 12.5 Å². The summed E-state index contributed by atoms with van der Waals surface area (Å²) in [6.07, 6.45) is 0. The lowest BCUT2D eigenvalue weighted by Crippen LogP contribution is -2.22. The van der Waals surface area contributed by atoms with Gasteiger partial charge < -0.3 is 10.5 Å². The molecular formula is C12H12FN5O2. The highest BCUT2D eigenvalue weighted by molar-refractivity contribution is 6.45. The highest BCUT2D eigenvalue weighted by Gasteiger charge is 2.13. The van der Waals surface area contributed by atoms with Gasteiger partial charge in [0.05, 0.1) is 18.4 Å². The molecule has 4 N–H and O–H groups in total. The molecule has 0 unspecified atom stereocenters. The Bertz CT molecular complexity index is 633. The summed E-state index contributed by atoms with van der Waals surface area (Å²) in [5.41, 5.74) is 7.53. The van der Waals surface area contributed by atoms with Crippen molar-refractivity contribution in [2.45, 2.75) is 6.92 Å². The normalized spacial score (nSPS) is 10.6. The summed E-state index contributed by atoms with van der Waals surface area (Å²) in [6, 6.07) is 3.96. The molecule has 8 heteroatoms. The number of hydrogen-bond acceptors (Lipinski definition) is 6. The first-order chi connectivity index (χ1) is 9.40. The van der Waals surface area contributed by atoms with Crippen LogP contribution >= 0.6 is 0 Å². The summed E-state index contributed by atoms with van der Waals surface area (Å²) in [6.45, 7) is 1.47. The number of benzene rings is 1. The fourth-order valence-electron chi connectivity index (χ4n) is 1.29. The lowest BCUT2D eigenvalue weighted by molar-refractivity contribution is 0.0600. The fraction of sp³-hybridized carbons (Fsp3) is 0.167. The van der Waals surface area contributed by atoms with E-state index in [1.54, 1.807) is 6.07 Å². The van der Waals surface area contributed by atoms with E-state index < -0.39 is 17.6 Å². The van der Waals surface area contributed by atoms with E-state index in [0.717, 1.165) is 6.07 Å². The van der Waals surface area contributed by atoms with Crippen LogP contribution in [0.4, 0.5) is 10.1 Å². The Morgan fingerprint density at radius 2 is 2.25 bits per heavy atom. The second-order valence-electron chi connectivity index (χ2n) is 3.72. The highest BCUT2D eigenvalue weighted by Crippen LogP contribution is 2.21. The molecule has 0 spiro atoms. The van der Waals surface area contributed by atoms with Gasteiger partial charge in [-0.05, 0) is 19.1 Å². The lowest BCUT2D eigenvalue weighted by atomic mass is 10.1. The Labute approximate surface area is 114 Å². The van der Waals surface area contributed by atoms with Crippen LogP contribution in [0.15, 0.2) is 17.2 Å². The minimum Gasteiger partial charge on any atom is -0.465 e. The van der Waals surface area contributed by atoms with E-state index in [-0.39, 0.29) is 22.5 Å². The molecule has 0 saturated carbocycles. The van der Waals surface area contributed by atoms with Crippen LogP contribution in [0.5, 0.6) is 0 Å². The first kappa shape index (κ1) is 15.1. The molecule has 0 heterocycles. The highest BCUT2D eigenvalue weighted by atomic mass is 19.1. The number of nitrogens with two attached hydrogens (primary N) is 1. The van der Waals surface area contributed by atoms with E-state index in [9.17, 15) is 9.18 Å². The molecule has 0 aliphatic rings. The van der Waals surface area contributed by atoms with E-state index in [0.29, 0.717) is 0 Å². The minimum absolute atomic E-state index is 0.00497. The number of rotatable bonds is 4. The Hall–Kier alpha value is -2.95. The van der Waals surface area contributed by atoms with Crippen LogP contribution in [0.2, 0.25) is 0 Å². The van der Waals surface area contributed by atoms with Crippen molar-refractivity contribution in [1.82, 2.24) is 0 Å². The van der Waals surface area contributed by atoms with E-state index >= 15 is 0 Å². The SMILES string of the molecule is COC(=O)c1cc(F)c(C)c(N/N=C(\C#N)C(=N)N)c1. The third kappa shape index (κ3) is 3.29. The van der Waals surface area contributed by atoms with Crippen LogP contribution in [-0.4, -0.2) is 24.6 Å². The van der Waals surface area contributed by atoms with Crippen LogP contribution in [-0.2, 0) is 4.74 Å². The summed E-state index contributed by atoms with van der Waals surface area (Å²) in [5, 5.41) is 19.4. The summed E-state index contributed by atoms with van der Waals surface area (Å²) >= 11 is 0. The van der Waals surface area contributed by atoms with Crippen molar-refractivity contribution in [1.29, 1.82) is 10.7 Å². The van der Waals surface area contributed by atoms with E-state index in [1.165, 1.54) is 20.1 Å². The van der Waals surface area contributed by atoms with Gasteiger partial charge in [0, 0.05) is 5.56 Å². The number of anilines is 1. The number of carbonyl (C=O) groups is 1. The molecule has 0 fully saturated rings. The van der Waals surface area contributed by atoms with Crippen molar-refractivity contribution in [3.63, 3.8) is 0 Å². The maximum Gasteiger partial charge on any atom is 0.338 e. The van der Waals surface area contributed by atoms with Crippen molar-refractivity contribution in [3.8, 4) is 6.07 Å². The summed E-state index contributed by atoms with van der Waals surface area (Å²) in [7, 11) is 1.18. The minimum atomic E-state index is -0.706. The average Bonchev–Trinajstić information content (AvgIpc) is 2.42. The van der Waals surface area contributed by atoms with Crippen LogP contribution < -0.4 is 11.2 Å². The first-order valence-electron chi connectivity index (χ1n) is 5.37. The Morgan fingerprint density at radius 1 is 1.60 bits per heavy atom. The van der Waals surface area contributed by atoms with Gasteiger partial charge >= 0.3 is 5.97 Å². The number of halogens is 1. The number of amidine groups is 1. The first-order valence-corrected chi connectivity index (χ1v) is 5.37. The molecule has 0 bridgehead atoms. The molecule has 1 aromatic carbocycles. The van der Waals surface area contributed by atoms with Crippen molar-refractivity contribution in [2.24, 2.45) is 10.8 Å². The summed E-state index contributed by atoms with van der Waals surface area (Å²) in [4.78, 5) is 11.4. The van der Waals surface area contributed by atoms with E-state index in [1.807, 2.05) is 0 Å². The summed E-state index contributed by atoms with van der Waals surface area (Å²) in [5.74, 6) is -1.86. The molecule has 104 valence electrons. The predicted octanol–water partition coefficient (Wildman–Crippen LogP) is 1.15. The predicted molar refractivity (Wildman–Crippen MR) is 71.1 cm³/mol. The molecular weight excluding hydrogens is 265 g/mol. The van der Waals surface area contributed by atoms with Crippen molar-refractivity contribution in [3.05, 3.63) is 29.1 Å². The molecule has 1 rings (SSSR count). The van der Waals surface area contributed by atoms with Gasteiger partial charge in [0.15, 0.2) is 5.84 Å². The van der Waals surface area contributed by atoms with Gasteiger partial charge in [0.2, 0.25) is 5.71 Å². The standard InChI is InChI=1S/C12H12FN5O2/c1-6-8(13)3-7(12(19)20-2)4-9(6)17-18-10(5-14)11(15)16/h3-4,17H,1-2H3,(H3,15,16)/b18-10+. The molecule has 7 nitrogen and oxygen atoms in total. The smallest absolute Gasteiger partial charge is 0.338 e. The number of esters is 1. The zero-order valence-electron chi connectivity index (χ0n) is 10.8. The van der Waals surface area contributed by atoms with Gasteiger partial charge in [0.25, 0.3) is 0 Å². The quantitative estimate of drug-likeness (QED) is 0.329. The topological polar surface area (TPSA) is 124 Å². The second kappa shape index (κ2) is 6.29. The molecule has 0 atom stereocenters. The van der Waals surface area contributed by atoms with Crippen molar-refractivity contribution >= 4 is 23.2 Å². The third-order valence-corrected chi connectivity index (χ3v) is 2.41. The van der Waals surface area contributed by atoms with E-state index in [4.69, 9.17) is 16.4 Å². The molecule has 0 amide bonds. The number of methoxy groups -OCH3 is 1. The molecule has 0 radical (unpaired) electrons. The van der Waals surface area contributed by atoms with Crippen LogP contribution in [0.25, 0.3) is 0 Å². The Balaban J connectivity index is 3.19. The maximum atomic E-state index is 13.7. The third-order valence-electron chi connectivity index (χ3n) is 2.41. The molecule has 20 heavy (non-hydrogen) atoms. The average molecular weight is 277 g/mol. The number of nitrogens with one attached hydrogen (secondary N) is 2. The van der Waals surface area contributed by atoms with Gasteiger partial charge in [-0.2, -0.15) is 10.4 Å². The Kier molecular flexibility index (Phi) is 4.75. The number of ether oxygens (including phenoxy) is 1. The van der Waals surface area contributed by atoms with Crippen LogP contribution in [0, 0.1) is 29.5 Å². The second-order valence-corrected chi connectivity index (χ2v) is 3.72. The number of hydrogen-bond donors (Lipinski definition) is 3. The Morgan fingerprint density at radius 3 is 2.75 bits per heavy atom. The lowest BCUT2D eigenvalue weighted by Gasteiger charge is -2.09. The van der Waals surface area contributed by atoms with Crippen molar-refractivity contribution < 1.29 is 13.9 Å². The number of carbonyl (C=O) groups excluding carboxylic acids is 1. The van der Waals surface area contributed by atoms with Crippen LogP contribution in [0.3, 0.4) is 0 Å². The fourth-order valence-corrected chi connectivity index (χ4v) is 1.29. The monoisotopic (exact) mass is 277 g/mol. The van der Waals surface area contributed by atoms with Gasteiger partial charge in [-0.3, -0.25) is 10.8 Å². The van der Waals surface area contributed by atoms with Gasteiger partial charge in [-0.15, -0.1) is 0 Å². The van der Waals surface area contributed by atoms with Crippen LogP contribution in [0.1, 0.15) is 15.9 Å².